The van der Waals surface area contributed by atoms with Crippen molar-refractivity contribution in [2.45, 2.75) is 91.9 Å². The topological polar surface area (TPSA) is 32.8 Å². The smallest absolute Gasteiger partial charge is 0.140 e. The molecule has 0 aliphatic rings. The maximum Gasteiger partial charge on any atom is 0.140 e. The summed E-state index contributed by atoms with van der Waals surface area (Å²) in [5, 5.41) is 9.08. The lowest BCUT2D eigenvalue weighted by atomic mass is 9.77. The minimum atomic E-state index is -0.273. The van der Waals surface area contributed by atoms with Gasteiger partial charge in [0.25, 0.3) is 0 Å². The molecule has 0 atom stereocenters. The number of nitrogens with zero attached hydrogens (tertiary/aromatic N) is 2. The van der Waals surface area contributed by atoms with Gasteiger partial charge in [0.15, 0.2) is 0 Å². The molecule has 0 fully saturated rings. The highest BCUT2D eigenvalue weighted by Crippen LogP contribution is 2.52. The Morgan fingerprint density at radius 1 is 0.353 bits per heavy atom. The first-order valence-electron chi connectivity index (χ1n) is 24.3. The minimum Gasteiger partial charge on any atom is -0.456 e. The van der Waals surface area contributed by atoms with Crippen LogP contribution in [0.5, 0.6) is 0 Å². The van der Waals surface area contributed by atoms with Gasteiger partial charge in [-0.15, -0.1) is 0 Å². The van der Waals surface area contributed by atoms with Crippen molar-refractivity contribution in [3.8, 4) is 0 Å². The van der Waals surface area contributed by atoms with E-state index in [1.165, 1.54) is 22.3 Å². The first-order valence-corrected chi connectivity index (χ1v) is 24.3. The third-order valence-electron chi connectivity index (χ3n) is 13.9. The van der Waals surface area contributed by atoms with Crippen molar-refractivity contribution in [1.29, 1.82) is 0 Å². The monoisotopic (exact) mass is 888 g/mol. The molecule has 0 spiro atoms. The van der Waals surface area contributed by atoms with Gasteiger partial charge in [0.1, 0.15) is 22.3 Å². The molecule has 0 unspecified atom stereocenters. The van der Waals surface area contributed by atoms with E-state index in [2.05, 4.69) is 249 Å². The average Bonchev–Trinajstić information content (AvgIpc) is 3.86. The van der Waals surface area contributed by atoms with Gasteiger partial charge in [-0.3, -0.25) is 0 Å². The van der Waals surface area contributed by atoms with Crippen molar-refractivity contribution < 1.29 is 8.83 Å². The second kappa shape index (κ2) is 16.2. The fraction of sp³-hybridized carbons (Fsp3) is 0.219. The van der Waals surface area contributed by atoms with Crippen molar-refractivity contribution >= 4 is 99.5 Å². The van der Waals surface area contributed by atoms with Crippen molar-refractivity contribution in [2.24, 2.45) is 0 Å². The molecule has 0 aliphatic carbocycles. The first-order chi connectivity index (χ1) is 32.6. The van der Waals surface area contributed by atoms with Gasteiger partial charge in [-0.1, -0.05) is 142 Å². The van der Waals surface area contributed by atoms with Crippen LogP contribution in [0.1, 0.15) is 103 Å². The third-order valence-corrected chi connectivity index (χ3v) is 13.9. The van der Waals surface area contributed by atoms with Crippen molar-refractivity contribution in [3.05, 3.63) is 192 Å². The normalized spacial score (nSPS) is 12.5. The Morgan fingerprint density at radius 2 is 0.721 bits per heavy atom. The van der Waals surface area contributed by atoms with Crippen LogP contribution in [0, 0.1) is 0 Å². The summed E-state index contributed by atoms with van der Waals surface area (Å²) in [4.78, 5) is 4.72. The number of anilines is 6. The second-order valence-electron chi connectivity index (χ2n) is 21.5. The van der Waals surface area contributed by atoms with Crippen LogP contribution in [0.25, 0.3) is 65.4 Å². The maximum atomic E-state index is 7.27. The van der Waals surface area contributed by atoms with Crippen molar-refractivity contribution in [3.63, 3.8) is 0 Å². The highest BCUT2D eigenvalue weighted by molar-refractivity contribution is 6.23. The van der Waals surface area contributed by atoms with E-state index in [-0.39, 0.29) is 10.8 Å². The van der Waals surface area contributed by atoms with Crippen LogP contribution >= 0.6 is 0 Å². The lowest BCUT2D eigenvalue weighted by Crippen LogP contribution is -2.16. The number of benzene rings is 9. The number of fused-ring (bicyclic) bond motifs is 8. The van der Waals surface area contributed by atoms with Crippen molar-refractivity contribution in [1.82, 2.24) is 0 Å². The lowest BCUT2D eigenvalue weighted by molar-refractivity contribution is 0.564. The Labute approximate surface area is 400 Å². The molecule has 68 heavy (non-hydrogen) atoms. The summed E-state index contributed by atoms with van der Waals surface area (Å²) in [6.07, 6.45) is 0. The van der Waals surface area contributed by atoms with Gasteiger partial charge < -0.3 is 18.6 Å². The SMILES string of the molecule is CC(C)c1cccc(N(c2ccccc2)c2ccc3cc4c(cc3c2)oc2c(C(C)(C)C)c3c(oc5cc6cc(N(c7ccccc7)c7cccc(C(C)C)c7)ccc6cc53)c(C(C)(C)C)c24)c1. The molecule has 4 nitrogen and oxygen atoms in total. The molecule has 9 aromatic carbocycles. The predicted octanol–water partition coefficient (Wildman–Crippen LogP) is 19.6. The summed E-state index contributed by atoms with van der Waals surface area (Å²) in [5.41, 5.74) is 14.8. The number of hydrogen-bond donors (Lipinski definition) is 0. The fourth-order valence-electron chi connectivity index (χ4n) is 10.5. The van der Waals surface area contributed by atoms with Gasteiger partial charge in [0.2, 0.25) is 0 Å². The predicted molar refractivity (Wildman–Crippen MR) is 291 cm³/mol. The molecule has 11 aromatic rings. The zero-order chi connectivity index (χ0) is 47.2. The maximum absolute atomic E-state index is 7.27. The average molecular weight is 889 g/mol. The van der Waals surface area contributed by atoms with Crippen molar-refractivity contribution in [2.75, 3.05) is 9.80 Å². The second-order valence-corrected chi connectivity index (χ2v) is 21.5. The Balaban J connectivity index is 1.12. The molecule has 0 N–H and O–H groups in total. The van der Waals surface area contributed by atoms with Gasteiger partial charge in [-0.25, -0.2) is 0 Å². The molecule has 0 bridgehead atoms. The van der Waals surface area contributed by atoms with Gasteiger partial charge in [0, 0.05) is 66.8 Å². The number of hydrogen-bond acceptors (Lipinski definition) is 4. The van der Waals surface area contributed by atoms with E-state index >= 15 is 0 Å². The van der Waals surface area contributed by atoms with Crippen LogP contribution in [0.2, 0.25) is 0 Å². The number of rotatable bonds is 8. The van der Waals surface area contributed by atoms with Crippen LogP contribution in [-0.2, 0) is 10.8 Å². The molecule has 0 saturated heterocycles. The van der Waals surface area contributed by atoms with Crippen LogP contribution in [-0.4, -0.2) is 0 Å². The molecule has 338 valence electrons. The summed E-state index contributed by atoms with van der Waals surface area (Å²) < 4.78 is 14.5. The van der Waals surface area contributed by atoms with Crippen LogP contribution in [0.15, 0.2) is 179 Å². The largest absolute Gasteiger partial charge is 0.456 e. The molecular formula is C64H60N2O2. The molecule has 11 rings (SSSR count). The van der Waals surface area contributed by atoms with Gasteiger partial charge in [-0.05, 0) is 152 Å². The van der Waals surface area contributed by atoms with Gasteiger partial charge >= 0.3 is 0 Å². The Morgan fingerprint density at radius 3 is 1.09 bits per heavy atom. The molecule has 2 heterocycles. The van der Waals surface area contributed by atoms with Crippen LogP contribution in [0.4, 0.5) is 34.1 Å². The number of furan rings is 2. The molecular weight excluding hydrogens is 829 g/mol. The quantitative estimate of drug-likeness (QED) is 0.152. The van der Waals surface area contributed by atoms with E-state index < -0.39 is 0 Å². The van der Waals surface area contributed by atoms with E-state index in [0.717, 1.165) is 99.5 Å². The molecule has 0 amide bonds. The third kappa shape index (κ3) is 7.38. The van der Waals surface area contributed by atoms with E-state index in [1.54, 1.807) is 0 Å². The Hall–Kier alpha value is -7.30. The van der Waals surface area contributed by atoms with Crippen LogP contribution < -0.4 is 9.80 Å². The highest BCUT2D eigenvalue weighted by atomic mass is 16.3. The summed E-state index contributed by atoms with van der Waals surface area (Å²) in [5.74, 6) is 0.842. The van der Waals surface area contributed by atoms with E-state index in [1.807, 2.05) is 0 Å². The van der Waals surface area contributed by atoms with Crippen LogP contribution in [0.3, 0.4) is 0 Å². The van der Waals surface area contributed by atoms with Gasteiger partial charge in [0.05, 0.1) is 0 Å². The first kappa shape index (κ1) is 43.3. The summed E-state index contributed by atoms with van der Waals surface area (Å²) in [6, 6.07) is 62.0. The van der Waals surface area contributed by atoms with E-state index in [9.17, 15) is 0 Å². The molecule has 0 saturated carbocycles. The summed E-state index contributed by atoms with van der Waals surface area (Å²) in [7, 11) is 0. The van der Waals surface area contributed by atoms with E-state index in [0.29, 0.717) is 11.8 Å². The Bertz CT molecular complexity index is 3460. The molecule has 2 aromatic heterocycles. The zero-order valence-corrected chi connectivity index (χ0v) is 41.0. The lowest BCUT2D eigenvalue weighted by Gasteiger charge is -2.26. The number of para-hydroxylation sites is 2. The molecule has 0 aliphatic heterocycles. The highest BCUT2D eigenvalue weighted by Gasteiger charge is 2.34. The Kier molecular flexibility index (Phi) is 10.3. The standard InChI is InChI=1S/C64H60N2O2/c1-39(2)41-19-17-25-49(31-41)65(47-21-13-11-14-22-47)51-29-27-43-35-53-55(37-45(43)33-51)67-61-57(53)59(63(5,6)7)62-58(60(61)64(8,9)10)54-36-44-28-30-52(34-46(44)38-56(54)68-62)66(48-23-15-12-16-24-48)50-26-18-20-42(32-50)40(3)4/h11-40H,1-10H3. The van der Waals surface area contributed by atoms with Gasteiger partial charge in [-0.2, -0.15) is 0 Å². The zero-order valence-electron chi connectivity index (χ0n) is 41.0. The minimum absolute atomic E-state index is 0.273. The molecule has 0 radical (unpaired) electrons. The molecule has 4 heteroatoms. The summed E-state index contributed by atoms with van der Waals surface area (Å²) >= 11 is 0. The van der Waals surface area contributed by atoms with E-state index in [4.69, 9.17) is 8.83 Å². The summed E-state index contributed by atoms with van der Waals surface area (Å²) in [6.45, 7) is 22.8. The fourth-order valence-corrected chi connectivity index (χ4v) is 10.5.